The summed E-state index contributed by atoms with van der Waals surface area (Å²) in [5.41, 5.74) is 1.55. The third kappa shape index (κ3) is 4.59. The fourth-order valence-electron chi connectivity index (χ4n) is 3.27. The first kappa shape index (κ1) is 17.9. The minimum Gasteiger partial charge on any atom is -0.381 e. The van der Waals surface area contributed by atoms with Crippen molar-refractivity contribution in [3.8, 4) is 0 Å². The molecule has 5 heteroatoms. The lowest BCUT2D eigenvalue weighted by Gasteiger charge is -2.38. The normalized spacial score (nSPS) is 16.4. The van der Waals surface area contributed by atoms with E-state index in [1.165, 1.54) is 6.07 Å². The monoisotopic (exact) mass is 361 g/mol. The summed E-state index contributed by atoms with van der Waals surface area (Å²) in [7, 11) is 0. The standard InChI is InChI=1S/C20H21ClFNO2/c21-17-6-4-15(5-7-17)12-19(24)23-14-20(8-10-25-11-9-20)16-2-1-3-18(22)13-16/h1-7,13H,8-12,14H2,(H,23,24). The molecule has 0 aliphatic carbocycles. The van der Waals surface area contributed by atoms with Gasteiger partial charge >= 0.3 is 0 Å². The van der Waals surface area contributed by atoms with Gasteiger partial charge < -0.3 is 10.1 Å². The highest BCUT2D eigenvalue weighted by Crippen LogP contribution is 2.34. The Morgan fingerprint density at radius 2 is 1.88 bits per heavy atom. The Bertz CT molecular complexity index is 727. The molecule has 2 aromatic rings. The first-order chi connectivity index (χ1) is 12.1. The molecular weight excluding hydrogens is 341 g/mol. The van der Waals surface area contributed by atoms with Crippen LogP contribution in [0.4, 0.5) is 4.39 Å². The van der Waals surface area contributed by atoms with Crippen molar-refractivity contribution in [1.82, 2.24) is 5.32 Å². The summed E-state index contributed by atoms with van der Waals surface area (Å²) in [4.78, 5) is 12.3. The molecule has 3 nitrogen and oxygen atoms in total. The highest BCUT2D eigenvalue weighted by Gasteiger charge is 2.35. The summed E-state index contributed by atoms with van der Waals surface area (Å²) in [6.45, 7) is 1.71. The van der Waals surface area contributed by atoms with Gasteiger partial charge in [-0.15, -0.1) is 0 Å². The summed E-state index contributed by atoms with van der Waals surface area (Å²) in [6, 6.07) is 13.9. The van der Waals surface area contributed by atoms with E-state index in [1.54, 1.807) is 24.3 Å². The van der Waals surface area contributed by atoms with Crippen LogP contribution in [0.1, 0.15) is 24.0 Å². The Morgan fingerprint density at radius 3 is 2.56 bits per heavy atom. The third-order valence-electron chi connectivity index (χ3n) is 4.79. The van der Waals surface area contributed by atoms with Crippen molar-refractivity contribution in [2.45, 2.75) is 24.7 Å². The Morgan fingerprint density at radius 1 is 1.16 bits per heavy atom. The van der Waals surface area contributed by atoms with E-state index in [9.17, 15) is 9.18 Å². The van der Waals surface area contributed by atoms with Crippen molar-refractivity contribution < 1.29 is 13.9 Å². The van der Waals surface area contributed by atoms with Gasteiger partial charge in [-0.05, 0) is 48.2 Å². The number of halogens is 2. The molecule has 0 spiro atoms. The summed E-state index contributed by atoms with van der Waals surface area (Å²) >= 11 is 5.87. The molecule has 1 aliphatic heterocycles. The second kappa shape index (κ2) is 7.98. The van der Waals surface area contributed by atoms with Crippen LogP contribution in [-0.2, 0) is 21.4 Å². The zero-order valence-electron chi connectivity index (χ0n) is 13.9. The van der Waals surface area contributed by atoms with Crippen LogP contribution in [0.15, 0.2) is 48.5 Å². The summed E-state index contributed by atoms with van der Waals surface area (Å²) in [6.07, 6.45) is 1.82. The van der Waals surface area contributed by atoms with Gasteiger partial charge in [0.2, 0.25) is 5.91 Å². The van der Waals surface area contributed by atoms with Gasteiger partial charge in [-0.1, -0.05) is 35.9 Å². The highest BCUT2D eigenvalue weighted by atomic mass is 35.5. The number of amides is 1. The molecule has 1 saturated heterocycles. The molecule has 0 unspecified atom stereocenters. The van der Waals surface area contributed by atoms with Crippen molar-refractivity contribution in [3.63, 3.8) is 0 Å². The molecule has 0 bridgehead atoms. The molecule has 1 amide bonds. The van der Waals surface area contributed by atoms with Crippen molar-refractivity contribution in [3.05, 3.63) is 70.5 Å². The molecule has 0 saturated carbocycles. The second-order valence-electron chi connectivity index (χ2n) is 6.48. The topological polar surface area (TPSA) is 38.3 Å². The van der Waals surface area contributed by atoms with E-state index in [0.29, 0.717) is 31.2 Å². The smallest absolute Gasteiger partial charge is 0.224 e. The van der Waals surface area contributed by atoms with Crippen molar-refractivity contribution >= 4 is 17.5 Å². The number of benzene rings is 2. The summed E-state index contributed by atoms with van der Waals surface area (Å²) < 4.78 is 19.2. The SMILES string of the molecule is O=C(Cc1ccc(Cl)cc1)NCC1(c2cccc(F)c2)CCOCC1. The summed E-state index contributed by atoms with van der Waals surface area (Å²) in [5, 5.41) is 3.67. The van der Waals surface area contributed by atoms with Gasteiger partial charge in [0.1, 0.15) is 5.82 Å². The van der Waals surface area contributed by atoms with E-state index < -0.39 is 0 Å². The van der Waals surface area contributed by atoms with Gasteiger partial charge in [-0.2, -0.15) is 0 Å². The van der Waals surface area contributed by atoms with Crippen LogP contribution in [0.3, 0.4) is 0 Å². The van der Waals surface area contributed by atoms with Gasteiger partial charge in [0.25, 0.3) is 0 Å². The largest absolute Gasteiger partial charge is 0.381 e. The second-order valence-corrected chi connectivity index (χ2v) is 6.92. The molecule has 132 valence electrons. The number of ether oxygens (including phenoxy) is 1. The van der Waals surface area contributed by atoms with Crippen LogP contribution in [0.2, 0.25) is 5.02 Å². The molecule has 25 heavy (non-hydrogen) atoms. The van der Waals surface area contributed by atoms with Crippen LogP contribution in [0.5, 0.6) is 0 Å². The quantitative estimate of drug-likeness (QED) is 0.877. The maximum atomic E-state index is 13.7. The Kier molecular flexibility index (Phi) is 5.71. The number of carbonyl (C=O) groups excluding carboxylic acids is 1. The van der Waals surface area contributed by atoms with Crippen LogP contribution >= 0.6 is 11.6 Å². The molecule has 0 atom stereocenters. The minimum absolute atomic E-state index is 0.0513. The van der Waals surface area contributed by atoms with E-state index in [-0.39, 0.29) is 17.1 Å². The number of carbonyl (C=O) groups is 1. The first-order valence-electron chi connectivity index (χ1n) is 8.42. The highest BCUT2D eigenvalue weighted by molar-refractivity contribution is 6.30. The number of rotatable bonds is 5. The first-order valence-corrected chi connectivity index (χ1v) is 8.80. The summed E-state index contributed by atoms with van der Waals surface area (Å²) in [5.74, 6) is -0.305. The average Bonchev–Trinajstić information content (AvgIpc) is 2.63. The minimum atomic E-state index is -0.282. The maximum absolute atomic E-state index is 13.7. The van der Waals surface area contributed by atoms with Crippen molar-refractivity contribution in [2.75, 3.05) is 19.8 Å². The number of nitrogens with one attached hydrogen (secondary N) is 1. The third-order valence-corrected chi connectivity index (χ3v) is 5.04. The molecule has 1 fully saturated rings. The lowest BCUT2D eigenvalue weighted by atomic mass is 9.74. The molecule has 1 heterocycles. The zero-order chi connectivity index (χ0) is 17.7. The molecule has 0 aromatic heterocycles. The van der Waals surface area contributed by atoms with Crippen molar-refractivity contribution in [1.29, 1.82) is 0 Å². The molecule has 0 radical (unpaired) electrons. The molecule has 1 aliphatic rings. The van der Waals surface area contributed by atoms with Crippen LogP contribution < -0.4 is 5.32 Å². The van der Waals surface area contributed by atoms with Gasteiger partial charge in [-0.3, -0.25) is 4.79 Å². The molecule has 3 rings (SSSR count). The predicted octanol–water partition coefficient (Wildman–Crippen LogP) is 3.89. The molecule has 1 N–H and O–H groups in total. The van der Waals surface area contributed by atoms with Gasteiger partial charge in [0, 0.05) is 30.2 Å². The number of hydrogen-bond donors (Lipinski definition) is 1. The molecular formula is C20H21ClFNO2. The van der Waals surface area contributed by atoms with Crippen LogP contribution in [0, 0.1) is 5.82 Å². The number of hydrogen-bond acceptors (Lipinski definition) is 2. The van der Waals surface area contributed by atoms with E-state index >= 15 is 0 Å². The Labute approximate surface area is 152 Å². The lowest BCUT2D eigenvalue weighted by Crippen LogP contribution is -2.45. The fourth-order valence-corrected chi connectivity index (χ4v) is 3.39. The fraction of sp³-hybridized carbons (Fsp3) is 0.350. The zero-order valence-corrected chi connectivity index (χ0v) is 14.7. The van der Waals surface area contributed by atoms with E-state index in [2.05, 4.69) is 5.32 Å². The molecule has 2 aromatic carbocycles. The average molecular weight is 362 g/mol. The Hall–Kier alpha value is -1.91. The predicted molar refractivity (Wildman–Crippen MR) is 96.3 cm³/mol. The van der Waals surface area contributed by atoms with Gasteiger partial charge in [-0.25, -0.2) is 4.39 Å². The van der Waals surface area contributed by atoms with E-state index in [0.717, 1.165) is 24.0 Å². The van der Waals surface area contributed by atoms with Gasteiger partial charge in [0.15, 0.2) is 0 Å². The van der Waals surface area contributed by atoms with Crippen LogP contribution in [-0.4, -0.2) is 25.7 Å². The van der Waals surface area contributed by atoms with Gasteiger partial charge in [0.05, 0.1) is 6.42 Å². The van der Waals surface area contributed by atoms with E-state index in [4.69, 9.17) is 16.3 Å². The van der Waals surface area contributed by atoms with Crippen molar-refractivity contribution in [2.24, 2.45) is 0 Å². The lowest BCUT2D eigenvalue weighted by molar-refractivity contribution is -0.120. The van der Waals surface area contributed by atoms with E-state index in [1.807, 2.05) is 18.2 Å². The maximum Gasteiger partial charge on any atom is 0.224 e. The van der Waals surface area contributed by atoms with Crippen LogP contribution in [0.25, 0.3) is 0 Å². The Balaban J connectivity index is 1.68.